The maximum atomic E-state index is 8.52. The van der Waals surface area contributed by atoms with Gasteiger partial charge in [-0.05, 0) is 0 Å². The Morgan fingerprint density at radius 3 is 0.412 bits per heavy atom. The number of rotatable bonds is 0. The van der Waals surface area contributed by atoms with E-state index in [0.717, 1.165) is 0 Å². The molecule has 0 unspecified atom stereocenters. The molecule has 17 heteroatoms. The first-order valence-electron chi connectivity index (χ1n) is 2.45. The molecule has 0 radical (unpaired) electrons. The van der Waals surface area contributed by atoms with Gasteiger partial charge in [0, 0.05) is 36.7 Å². The summed E-state index contributed by atoms with van der Waals surface area (Å²) in [6, 6.07) is 0. The van der Waals surface area contributed by atoms with Crippen LogP contribution in [0.15, 0.2) is 0 Å². The maximum Gasteiger partial charge on any atom is 1.00 e. The van der Waals surface area contributed by atoms with Gasteiger partial charge in [-0.1, -0.05) is 0 Å². The predicted molar refractivity (Wildman–Crippen MR) is 25.8 cm³/mol. The van der Waals surface area contributed by atoms with Crippen molar-refractivity contribution in [2.45, 2.75) is 0 Å². The van der Waals surface area contributed by atoms with Crippen molar-refractivity contribution in [2.24, 2.45) is 0 Å². The van der Waals surface area contributed by atoms with Gasteiger partial charge in [0.05, 0.1) is 0 Å². The summed E-state index contributed by atoms with van der Waals surface area (Å²) >= 11 is 0. The van der Waals surface area contributed by atoms with E-state index in [-0.39, 0.29) is 29.6 Å². The molecule has 0 aliphatic rings. The zero-order valence-corrected chi connectivity index (χ0v) is 13.9. The fraction of sp³-hybridized carbons (Fsp3) is 0. The number of hydrogen-bond donors (Lipinski definition) is 0. The van der Waals surface area contributed by atoms with E-state index in [2.05, 4.69) is 0 Å². The summed E-state index contributed by atoms with van der Waals surface area (Å²) in [6.07, 6.45) is 0. The molecular formula is NaO12Si4-7. The first kappa shape index (κ1) is 30.0. The maximum absolute atomic E-state index is 8.52. The average Bonchev–Trinajstić information content (AvgIpc) is 1.76. The van der Waals surface area contributed by atoms with Crippen LogP contribution in [0.2, 0.25) is 0 Å². The molecule has 0 aliphatic heterocycles. The first-order chi connectivity index (χ1) is 6.93. The van der Waals surface area contributed by atoms with Crippen LogP contribution < -0.4 is 67.9 Å². The molecule has 96 valence electrons. The summed E-state index contributed by atoms with van der Waals surface area (Å²) < 4.78 is 34.1. The molecule has 17 heavy (non-hydrogen) atoms. The standard InChI is InChI=1S/Na.4O3Si/c;4*1-4(2)3/q+1;4*-2. The van der Waals surface area contributed by atoms with Crippen LogP contribution in [0.3, 0.4) is 0 Å². The van der Waals surface area contributed by atoms with Crippen molar-refractivity contribution < 1.29 is 85.8 Å². The summed E-state index contributed by atoms with van der Waals surface area (Å²) in [5, 5.41) is 0. The Kier molecular flexibility index (Phi) is 43.4. The van der Waals surface area contributed by atoms with Crippen LogP contribution in [0, 0.1) is 0 Å². The topological polar surface area (TPSA) is 253 Å². The van der Waals surface area contributed by atoms with Gasteiger partial charge in [-0.2, -0.15) is 0 Å². The van der Waals surface area contributed by atoms with Crippen LogP contribution in [0.25, 0.3) is 0 Å². The van der Waals surface area contributed by atoms with Gasteiger partial charge in [-0.15, -0.1) is 0 Å². The Hall–Kier alpha value is -0.532. The fourth-order valence-electron chi connectivity index (χ4n) is 0. The molecule has 0 aromatic carbocycles. The van der Waals surface area contributed by atoms with Crippen molar-refractivity contribution in [3.63, 3.8) is 0 Å². The van der Waals surface area contributed by atoms with Gasteiger partial charge < -0.3 is 56.2 Å². The van der Waals surface area contributed by atoms with E-state index in [9.17, 15) is 0 Å². The molecule has 0 rings (SSSR count). The molecule has 0 atom stereocenters. The molecular weight excluding hydrogens is 327 g/mol. The predicted octanol–water partition coefficient (Wildman–Crippen LogP) is -14.5. The molecule has 0 aliphatic carbocycles. The van der Waals surface area contributed by atoms with Gasteiger partial charge in [0.25, 0.3) is 0 Å². The van der Waals surface area contributed by atoms with Crippen LogP contribution in [0.1, 0.15) is 0 Å². The third-order valence-corrected chi connectivity index (χ3v) is 0. The molecule has 0 aromatic heterocycles. The van der Waals surface area contributed by atoms with E-state index in [1.165, 1.54) is 0 Å². The Labute approximate surface area is 122 Å². The van der Waals surface area contributed by atoms with Crippen LogP contribution in [0.5, 0.6) is 0 Å². The van der Waals surface area contributed by atoms with Crippen molar-refractivity contribution in [1.82, 2.24) is 0 Å². The molecule has 0 saturated heterocycles. The molecule has 0 heterocycles. The molecule has 12 nitrogen and oxygen atoms in total. The zero-order chi connectivity index (χ0) is 14.3. The second-order valence-corrected chi connectivity index (χ2v) is 3.00. The summed E-state index contributed by atoms with van der Waals surface area (Å²) in [6.45, 7) is 0. The normalized spacial score (nSPS) is 5.65. The first-order valence-corrected chi connectivity index (χ1v) is 7.35. The smallest absolute Gasteiger partial charge is 0.672 e. The molecule has 0 N–H and O–H groups in total. The molecule has 0 spiro atoms. The van der Waals surface area contributed by atoms with Crippen molar-refractivity contribution >= 4 is 36.7 Å². The van der Waals surface area contributed by atoms with Crippen LogP contribution >= 0.6 is 0 Å². The van der Waals surface area contributed by atoms with E-state index in [1.54, 1.807) is 0 Å². The second kappa shape index (κ2) is 24.6. The summed E-state index contributed by atoms with van der Waals surface area (Å²) in [5.41, 5.74) is 0. The Balaban J connectivity index is -0.0000000369. The van der Waals surface area contributed by atoms with Crippen molar-refractivity contribution in [3.8, 4) is 0 Å². The Morgan fingerprint density at radius 2 is 0.412 bits per heavy atom. The minimum absolute atomic E-state index is 0. The van der Waals surface area contributed by atoms with Crippen LogP contribution in [-0.2, 0) is 17.8 Å². The summed E-state index contributed by atoms with van der Waals surface area (Å²) in [4.78, 5) is 68.1. The van der Waals surface area contributed by atoms with E-state index in [0.29, 0.717) is 0 Å². The molecule has 0 amide bonds. The van der Waals surface area contributed by atoms with Gasteiger partial charge in [0.15, 0.2) is 0 Å². The van der Waals surface area contributed by atoms with E-state index < -0.39 is 36.7 Å². The van der Waals surface area contributed by atoms with Gasteiger partial charge in [-0.3, -0.25) is 0 Å². The Bertz CT molecular complexity index is 159. The van der Waals surface area contributed by atoms with Gasteiger partial charge in [0.2, 0.25) is 0 Å². The van der Waals surface area contributed by atoms with Crippen LogP contribution in [-0.4, -0.2) is 36.7 Å². The van der Waals surface area contributed by atoms with Crippen molar-refractivity contribution in [2.75, 3.05) is 0 Å². The van der Waals surface area contributed by atoms with Gasteiger partial charge >= 0.3 is 29.6 Å². The third kappa shape index (κ3) is 9890. The minimum atomic E-state index is -3.63. The Morgan fingerprint density at radius 1 is 0.412 bits per heavy atom. The molecule has 0 fully saturated rings. The van der Waals surface area contributed by atoms with Crippen molar-refractivity contribution in [1.29, 1.82) is 0 Å². The van der Waals surface area contributed by atoms with E-state index >= 15 is 0 Å². The fourth-order valence-corrected chi connectivity index (χ4v) is 0. The van der Waals surface area contributed by atoms with Crippen molar-refractivity contribution in [3.05, 3.63) is 0 Å². The van der Waals surface area contributed by atoms with Crippen LogP contribution in [0.4, 0.5) is 0 Å². The summed E-state index contributed by atoms with van der Waals surface area (Å²) in [7, 11) is -14.5. The molecule has 0 aromatic rings. The monoisotopic (exact) mass is 327 g/mol. The second-order valence-electron chi connectivity index (χ2n) is 1.00. The van der Waals surface area contributed by atoms with E-state index in [4.69, 9.17) is 56.2 Å². The molecule has 0 saturated carbocycles. The average molecular weight is 327 g/mol. The largest absolute Gasteiger partial charge is 1.00 e. The number of hydrogen-bond acceptors (Lipinski definition) is 12. The minimum Gasteiger partial charge on any atom is -0.672 e. The SMILES string of the molecule is O=[Si]([O-])[O-].O=[Si]([O-])[O-].O=[Si]([O-])[O-].O=[Si]([O-])[O-].[Na+]. The van der Waals surface area contributed by atoms with Gasteiger partial charge in [0.1, 0.15) is 0 Å². The summed E-state index contributed by atoms with van der Waals surface area (Å²) in [5.74, 6) is 0. The van der Waals surface area contributed by atoms with E-state index in [1.807, 2.05) is 0 Å². The zero-order valence-electron chi connectivity index (χ0n) is 7.90. The quantitative estimate of drug-likeness (QED) is 0.375. The third-order valence-electron chi connectivity index (χ3n) is 0. The van der Waals surface area contributed by atoms with Gasteiger partial charge in [-0.25, -0.2) is 0 Å². The molecule has 0 bridgehead atoms.